The Morgan fingerprint density at radius 2 is 1.81 bits per heavy atom. The fourth-order valence-electron chi connectivity index (χ4n) is 1.21. The maximum atomic E-state index is 11.8. The predicted molar refractivity (Wildman–Crippen MR) is 65.8 cm³/mol. The van der Waals surface area contributed by atoms with Crippen LogP contribution in [0.5, 0.6) is 0 Å². The molecule has 1 aromatic carbocycles. The summed E-state index contributed by atoms with van der Waals surface area (Å²) >= 11 is 0. The van der Waals surface area contributed by atoms with Gasteiger partial charge in [0.1, 0.15) is 0 Å². The Balaban J connectivity index is 2.71. The van der Waals surface area contributed by atoms with Gasteiger partial charge in [-0.05, 0) is 25.5 Å². The van der Waals surface area contributed by atoms with E-state index >= 15 is 0 Å². The first-order valence-corrected chi connectivity index (χ1v) is 6.76. The number of rotatable bonds is 5. The Morgan fingerprint density at radius 3 is 2.38 bits per heavy atom. The van der Waals surface area contributed by atoms with Crippen molar-refractivity contribution < 1.29 is 8.42 Å². The molecule has 4 heteroatoms. The Labute approximate surface area is 97.2 Å². The zero-order valence-corrected chi connectivity index (χ0v) is 10.4. The number of sulfonamides is 1. The van der Waals surface area contributed by atoms with Crippen molar-refractivity contribution in [1.82, 2.24) is 4.72 Å². The molecule has 1 rings (SSSR count). The third-order valence-corrected chi connectivity index (χ3v) is 3.56. The van der Waals surface area contributed by atoms with Crippen LogP contribution in [0.4, 0.5) is 0 Å². The Kier molecular flexibility index (Phi) is 4.71. The molecule has 0 saturated carbocycles. The molecule has 0 unspecified atom stereocenters. The average Bonchev–Trinajstić information content (AvgIpc) is 2.25. The molecule has 0 bridgehead atoms. The average molecular weight is 239 g/mol. The first kappa shape index (κ1) is 12.9. The highest BCUT2D eigenvalue weighted by Gasteiger charge is 2.11. The van der Waals surface area contributed by atoms with Crippen molar-refractivity contribution in [3.05, 3.63) is 42.0 Å². The van der Waals surface area contributed by atoms with Gasteiger partial charge in [0.15, 0.2) is 0 Å². The van der Waals surface area contributed by atoms with Gasteiger partial charge in [0.25, 0.3) is 0 Å². The summed E-state index contributed by atoms with van der Waals surface area (Å²) < 4.78 is 26.0. The first-order chi connectivity index (χ1) is 7.56. The minimum absolute atomic E-state index is 0.308. The van der Waals surface area contributed by atoms with Crippen LogP contribution >= 0.6 is 0 Å². The highest BCUT2D eigenvalue weighted by atomic mass is 32.2. The molecule has 1 N–H and O–H groups in total. The smallest absolute Gasteiger partial charge is 0.207 e. The van der Waals surface area contributed by atoms with Crippen LogP contribution in [-0.4, -0.2) is 15.0 Å². The molecular weight excluding hydrogens is 222 g/mol. The van der Waals surface area contributed by atoms with Gasteiger partial charge in [-0.25, -0.2) is 13.1 Å². The van der Waals surface area contributed by atoms with Crippen molar-refractivity contribution in [1.29, 1.82) is 0 Å². The van der Waals surface area contributed by atoms with E-state index in [0.717, 1.165) is 12.0 Å². The predicted octanol–water partition coefficient (Wildman–Crippen LogP) is 2.24. The number of nitrogens with one attached hydrogen (secondary N) is 1. The summed E-state index contributed by atoms with van der Waals surface area (Å²) in [4.78, 5) is 0.308. The molecule has 0 radical (unpaired) electrons. The Bertz CT molecular complexity index is 446. The zero-order chi connectivity index (χ0) is 12.0. The SMILES string of the molecule is CC/C=C/CNS(=O)(=O)c1ccc(C)cc1. The van der Waals surface area contributed by atoms with Crippen molar-refractivity contribution in [3.63, 3.8) is 0 Å². The quantitative estimate of drug-likeness (QED) is 0.801. The van der Waals surface area contributed by atoms with Crippen molar-refractivity contribution in [2.45, 2.75) is 25.2 Å². The summed E-state index contributed by atoms with van der Waals surface area (Å²) in [5, 5.41) is 0. The fraction of sp³-hybridized carbons (Fsp3) is 0.333. The van der Waals surface area contributed by atoms with Crippen molar-refractivity contribution in [2.75, 3.05) is 6.54 Å². The van der Waals surface area contributed by atoms with E-state index in [1.807, 2.05) is 26.0 Å². The van der Waals surface area contributed by atoms with E-state index in [4.69, 9.17) is 0 Å². The lowest BCUT2D eigenvalue weighted by Crippen LogP contribution is -2.23. The van der Waals surface area contributed by atoms with Gasteiger partial charge in [-0.3, -0.25) is 0 Å². The molecule has 88 valence electrons. The van der Waals surface area contributed by atoms with E-state index in [1.54, 1.807) is 24.3 Å². The van der Waals surface area contributed by atoms with Crippen LogP contribution in [0.3, 0.4) is 0 Å². The highest BCUT2D eigenvalue weighted by Crippen LogP contribution is 2.09. The van der Waals surface area contributed by atoms with Crippen LogP contribution in [0, 0.1) is 6.92 Å². The second kappa shape index (κ2) is 5.82. The molecular formula is C12H17NO2S. The molecule has 0 amide bonds. The summed E-state index contributed by atoms with van der Waals surface area (Å²) in [5.41, 5.74) is 1.05. The van der Waals surface area contributed by atoms with Crippen LogP contribution in [0.25, 0.3) is 0 Å². The van der Waals surface area contributed by atoms with E-state index in [2.05, 4.69) is 4.72 Å². The molecule has 0 fully saturated rings. The van der Waals surface area contributed by atoms with Crippen molar-refractivity contribution in [3.8, 4) is 0 Å². The van der Waals surface area contributed by atoms with Crippen LogP contribution in [-0.2, 0) is 10.0 Å². The van der Waals surface area contributed by atoms with E-state index < -0.39 is 10.0 Å². The van der Waals surface area contributed by atoms with Crippen LogP contribution in [0.1, 0.15) is 18.9 Å². The van der Waals surface area contributed by atoms with Gasteiger partial charge in [-0.1, -0.05) is 36.8 Å². The minimum Gasteiger partial charge on any atom is -0.207 e. The molecule has 16 heavy (non-hydrogen) atoms. The highest BCUT2D eigenvalue weighted by molar-refractivity contribution is 7.89. The number of aryl methyl sites for hydroxylation is 1. The third kappa shape index (κ3) is 3.79. The lowest BCUT2D eigenvalue weighted by Gasteiger charge is -2.04. The molecule has 1 aromatic rings. The third-order valence-electron chi connectivity index (χ3n) is 2.12. The lowest BCUT2D eigenvalue weighted by atomic mass is 10.2. The summed E-state index contributed by atoms with van der Waals surface area (Å²) in [6.45, 7) is 4.27. The van der Waals surface area contributed by atoms with E-state index in [9.17, 15) is 8.42 Å². The molecule has 0 spiro atoms. The molecule has 0 aliphatic rings. The summed E-state index contributed by atoms with van der Waals surface area (Å²) in [6, 6.07) is 6.80. The first-order valence-electron chi connectivity index (χ1n) is 5.27. The molecule has 0 heterocycles. The molecule has 0 aliphatic carbocycles. The van der Waals surface area contributed by atoms with Gasteiger partial charge >= 0.3 is 0 Å². The number of hydrogen-bond acceptors (Lipinski definition) is 2. The van der Waals surface area contributed by atoms with Gasteiger partial charge < -0.3 is 0 Å². The van der Waals surface area contributed by atoms with Crippen LogP contribution in [0.15, 0.2) is 41.3 Å². The molecule has 0 saturated heterocycles. The summed E-state index contributed by atoms with van der Waals surface area (Å²) in [5.74, 6) is 0. The van der Waals surface area contributed by atoms with Gasteiger partial charge in [0.05, 0.1) is 4.90 Å². The molecule has 0 aliphatic heterocycles. The fourth-order valence-corrected chi connectivity index (χ4v) is 2.19. The minimum atomic E-state index is -3.36. The van der Waals surface area contributed by atoms with Gasteiger partial charge in [-0.2, -0.15) is 0 Å². The maximum Gasteiger partial charge on any atom is 0.240 e. The van der Waals surface area contributed by atoms with E-state index in [0.29, 0.717) is 11.4 Å². The van der Waals surface area contributed by atoms with E-state index in [1.165, 1.54) is 0 Å². The van der Waals surface area contributed by atoms with Gasteiger partial charge in [-0.15, -0.1) is 0 Å². The standard InChI is InChI=1S/C12H17NO2S/c1-3-4-5-10-13-16(14,15)12-8-6-11(2)7-9-12/h4-9,13H,3,10H2,1-2H3/b5-4+. The van der Waals surface area contributed by atoms with Gasteiger partial charge in [0.2, 0.25) is 10.0 Å². The second-order valence-corrected chi connectivity index (χ2v) is 5.31. The van der Waals surface area contributed by atoms with Crippen LogP contribution < -0.4 is 4.72 Å². The maximum absolute atomic E-state index is 11.8. The van der Waals surface area contributed by atoms with Crippen molar-refractivity contribution in [2.24, 2.45) is 0 Å². The summed E-state index contributed by atoms with van der Waals surface area (Å²) in [7, 11) is -3.36. The molecule has 0 aromatic heterocycles. The normalized spacial score (nSPS) is 12.1. The molecule has 0 atom stereocenters. The van der Waals surface area contributed by atoms with E-state index in [-0.39, 0.29) is 0 Å². The number of hydrogen-bond donors (Lipinski definition) is 1. The number of benzene rings is 1. The second-order valence-electron chi connectivity index (χ2n) is 3.54. The Morgan fingerprint density at radius 1 is 1.19 bits per heavy atom. The topological polar surface area (TPSA) is 46.2 Å². The molecule has 3 nitrogen and oxygen atoms in total. The number of allylic oxidation sites excluding steroid dienone is 1. The monoisotopic (exact) mass is 239 g/mol. The Hall–Kier alpha value is -1.13. The van der Waals surface area contributed by atoms with Crippen molar-refractivity contribution >= 4 is 10.0 Å². The summed E-state index contributed by atoms with van der Waals surface area (Å²) in [6.07, 6.45) is 4.65. The lowest BCUT2D eigenvalue weighted by molar-refractivity contribution is 0.585. The largest absolute Gasteiger partial charge is 0.240 e. The van der Waals surface area contributed by atoms with Crippen LogP contribution in [0.2, 0.25) is 0 Å². The van der Waals surface area contributed by atoms with Gasteiger partial charge in [0, 0.05) is 6.54 Å². The zero-order valence-electron chi connectivity index (χ0n) is 9.60.